The van der Waals surface area contributed by atoms with E-state index < -0.39 is 0 Å². The molecule has 1 aliphatic rings. The second-order valence-electron chi connectivity index (χ2n) is 4.41. The summed E-state index contributed by atoms with van der Waals surface area (Å²) in [6.45, 7) is 1.94. The molecule has 1 aromatic heterocycles. The standard InChI is InChI=1S/C14H14FN3O2/c15-12-4-3-10(20-14-2-1-5-17-18-14)8-11(12)13-9-16-6-7-19-13/h1-5,8,13,16H,6-7,9H2/t13-/m0/s1. The first-order valence-electron chi connectivity index (χ1n) is 6.40. The lowest BCUT2D eigenvalue weighted by Crippen LogP contribution is -2.33. The van der Waals surface area contributed by atoms with Gasteiger partial charge in [-0.25, -0.2) is 4.39 Å². The monoisotopic (exact) mass is 275 g/mol. The van der Waals surface area contributed by atoms with Crippen molar-refractivity contribution in [1.29, 1.82) is 0 Å². The summed E-state index contributed by atoms with van der Waals surface area (Å²) in [7, 11) is 0. The molecule has 1 fully saturated rings. The van der Waals surface area contributed by atoms with E-state index in [1.165, 1.54) is 6.07 Å². The van der Waals surface area contributed by atoms with Crippen molar-refractivity contribution in [3.05, 3.63) is 47.9 Å². The summed E-state index contributed by atoms with van der Waals surface area (Å²) in [5, 5.41) is 10.7. The molecule has 1 N–H and O–H groups in total. The molecule has 20 heavy (non-hydrogen) atoms. The first kappa shape index (κ1) is 13.0. The van der Waals surface area contributed by atoms with Crippen molar-refractivity contribution in [2.45, 2.75) is 6.10 Å². The molecule has 0 radical (unpaired) electrons. The van der Waals surface area contributed by atoms with Gasteiger partial charge in [-0.3, -0.25) is 0 Å². The average molecular weight is 275 g/mol. The van der Waals surface area contributed by atoms with Gasteiger partial charge in [0.15, 0.2) is 0 Å². The van der Waals surface area contributed by atoms with Gasteiger partial charge in [0.05, 0.1) is 12.7 Å². The van der Waals surface area contributed by atoms with Gasteiger partial charge >= 0.3 is 0 Å². The lowest BCUT2D eigenvalue weighted by Gasteiger charge is -2.24. The van der Waals surface area contributed by atoms with Gasteiger partial charge < -0.3 is 14.8 Å². The van der Waals surface area contributed by atoms with Gasteiger partial charge in [0.1, 0.15) is 11.6 Å². The first-order valence-corrected chi connectivity index (χ1v) is 6.40. The molecule has 1 aliphatic heterocycles. The number of benzene rings is 1. The number of nitrogens with one attached hydrogen (secondary N) is 1. The lowest BCUT2D eigenvalue weighted by atomic mass is 10.1. The SMILES string of the molecule is Fc1ccc(Oc2cccnn2)cc1[C@@H]1CNCCO1. The summed E-state index contributed by atoms with van der Waals surface area (Å²) in [5.74, 6) is 0.578. The molecule has 1 atom stereocenters. The number of rotatable bonds is 3. The zero-order chi connectivity index (χ0) is 13.8. The fraction of sp³-hybridized carbons (Fsp3) is 0.286. The highest BCUT2D eigenvalue weighted by Crippen LogP contribution is 2.27. The molecule has 1 saturated heterocycles. The Morgan fingerprint density at radius 2 is 2.30 bits per heavy atom. The molecule has 5 nitrogen and oxygen atoms in total. The number of halogens is 1. The summed E-state index contributed by atoms with van der Waals surface area (Å²) < 4.78 is 25.0. The van der Waals surface area contributed by atoms with Gasteiger partial charge in [-0.05, 0) is 24.3 Å². The molecule has 0 unspecified atom stereocenters. The van der Waals surface area contributed by atoms with Gasteiger partial charge in [0.25, 0.3) is 0 Å². The molecule has 3 rings (SSSR count). The van der Waals surface area contributed by atoms with Crippen molar-refractivity contribution in [2.24, 2.45) is 0 Å². The topological polar surface area (TPSA) is 56.3 Å². The molecule has 2 aromatic rings. The van der Waals surface area contributed by atoms with Gasteiger partial charge in [0.2, 0.25) is 5.88 Å². The van der Waals surface area contributed by atoms with Crippen LogP contribution < -0.4 is 10.1 Å². The third-order valence-electron chi connectivity index (χ3n) is 3.01. The molecule has 0 amide bonds. The fourth-order valence-electron chi connectivity index (χ4n) is 2.06. The van der Waals surface area contributed by atoms with Gasteiger partial charge in [-0.2, -0.15) is 5.10 Å². The molecule has 0 saturated carbocycles. The smallest absolute Gasteiger partial charge is 0.238 e. The second kappa shape index (κ2) is 5.94. The Hall–Kier alpha value is -2.05. The summed E-state index contributed by atoms with van der Waals surface area (Å²) in [5.41, 5.74) is 0.485. The van der Waals surface area contributed by atoms with E-state index in [1.54, 1.807) is 30.5 Å². The molecule has 2 heterocycles. The van der Waals surface area contributed by atoms with Crippen molar-refractivity contribution in [3.63, 3.8) is 0 Å². The van der Waals surface area contributed by atoms with Crippen molar-refractivity contribution < 1.29 is 13.9 Å². The van der Waals surface area contributed by atoms with Crippen LogP contribution in [-0.2, 0) is 4.74 Å². The van der Waals surface area contributed by atoms with Crippen LogP contribution in [0.5, 0.6) is 11.6 Å². The Morgan fingerprint density at radius 3 is 3.05 bits per heavy atom. The molecular formula is C14H14FN3O2. The molecule has 104 valence electrons. The molecule has 1 aromatic carbocycles. The number of ether oxygens (including phenoxy) is 2. The van der Waals surface area contributed by atoms with Crippen LogP contribution in [0, 0.1) is 5.82 Å². The summed E-state index contributed by atoms with van der Waals surface area (Å²) in [6, 6.07) is 7.99. The van der Waals surface area contributed by atoms with Crippen molar-refractivity contribution in [3.8, 4) is 11.6 Å². The average Bonchev–Trinajstić information content (AvgIpc) is 2.51. The minimum Gasteiger partial charge on any atom is -0.438 e. The maximum absolute atomic E-state index is 13.9. The van der Waals surface area contributed by atoms with Crippen LogP contribution in [0.1, 0.15) is 11.7 Å². The quantitative estimate of drug-likeness (QED) is 0.929. The van der Waals surface area contributed by atoms with Gasteiger partial charge in [0, 0.05) is 30.9 Å². The Balaban J connectivity index is 1.82. The first-order chi connectivity index (χ1) is 9.83. The predicted octanol–water partition coefficient (Wildman–Crippen LogP) is 2.07. The summed E-state index contributed by atoms with van der Waals surface area (Å²) in [4.78, 5) is 0. The van der Waals surface area contributed by atoms with Crippen molar-refractivity contribution in [2.75, 3.05) is 19.7 Å². The Bertz CT molecular complexity index is 574. The number of hydrogen-bond acceptors (Lipinski definition) is 5. The molecular weight excluding hydrogens is 261 g/mol. The second-order valence-corrected chi connectivity index (χ2v) is 4.41. The Morgan fingerprint density at radius 1 is 1.35 bits per heavy atom. The third-order valence-corrected chi connectivity index (χ3v) is 3.01. The van der Waals surface area contributed by atoms with Crippen LogP contribution in [0.2, 0.25) is 0 Å². The molecule has 6 heteroatoms. The third kappa shape index (κ3) is 2.92. The fourth-order valence-corrected chi connectivity index (χ4v) is 2.06. The molecule has 0 aliphatic carbocycles. The highest BCUT2D eigenvalue weighted by atomic mass is 19.1. The minimum absolute atomic E-state index is 0.297. The highest BCUT2D eigenvalue weighted by molar-refractivity contribution is 5.34. The van der Waals surface area contributed by atoms with E-state index in [-0.39, 0.29) is 11.9 Å². The van der Waals surface area contributed by atoms with Crippen molar-refractivity contribution in [1.82, 2.24) is 15.5 Å². The lowest BCUT2D eigenvalue weighted by molar-refractivity contribution is 0.0254. The minimum atomic E-state index is -0.301. The van der Waals surface area contributed by atoms with E-state index in [1.807, 2.05) is 0 Å². The van der Waals surface area contributed by atoms with Crippen molar-refractivity contribution >= 4 is 0 Å². The molecule has 0 bridgehead atoms. The van der Waals surface area contributed by atoms with E-state index in [4.69, 9.17) is 9.47 Å². The summed E-state index contributed by atoms with van der Waals surface area (Å²) in [6.07, 6.45) is 1.26. The largest absolute Gasteiger partial charge is 0.438 e. The predicted molar refractivity (Wildman–Crippen MR) is 70.1 cm³/mol. The van der Waals surface area contributed by atoms with Crippen LogP contribution in [0.15, 0.2) is 36.5 Å². The van der Waals surface area contributed by atoms with E-state index >= 15 is 0 Å². The van der Waals surface area contributed by atoms with Gasteiger partial charge in [-0.1, -0.05) is 0 Å². The van der Waals surface area contributed by atoms with Crippen LogP contribution in [0.4, 0.5) is 4.39 Å². The van der Waals surface area contributed by atoms with Crippen LogP contribution in [-0.4, -0.2) is 29.9 Å². The maximum Gasteiger partial charge on any atom is 0.238 e. The normalized spacial score (nSPS) is 18.8. The van der Waals surface area contributed by atoms with Crippen LogP contribution in [0.25, 0.3) is 0 Å². The van der Waals surface area contributed by atoms with E-state index in [0.717, 1.165) is 6.54 Å². The Labute approximate surface area is 115 Å². The zero-order valence-electron chi connectivity index (χ0n) is 10.8. The Kier molecular flexibility index (Phi) is 3.85. The van der Waals surface area contributed by atoms with E-state index in [2.05, 4.69) is 15.5 Å². The van der Waals surface area contributed by atoms with Crippen LogP contribution >= 0.6 is 0 Å². The highest BCUT2D eigenvalue weighted by Gasteiger charge is 2.20. The number of aromatic nitrogens is 2. The van der Waals surface area contributed by atoms with E-state index in [9.17, 15) is 4.39 Å². The number of nitrogens with zero attached hydrogens (tertiary/aromatic N) is 2. The maximum atomic E-state index is 13.9. The number of hydrogen-bond donors (Lipinski definition) is 1. The summed E-state index contributed by atoms with van der Waals surface area (Å²) >= 11 is 0. The molecule has 0 spiro atoms. The van der Waals surface area contributed by atoms with Crippen LogP contribution in [0.3, 0.4) is 0 Å². The van der Waals surface area contributed by atoms with Gasteiger partial charge in [-0.15, -0.1) is 5.10 Å². The number of morpholine rings is 1. The van der Waals surface area contributed by atoms with E-state index in [0.29, 0.717) is 30.3 Å². The zero-order valence-corrected chi connectivity index (χ0v) is 10.8.